The molecule has 1 fully saturated rings. The Morgan fingerprint density at radius 3 is 2.45 bits per heavy atom. The number of nitrogens with one attached hydrogen (secondary N) is 1. The maximum Gasteiger partial charge on any atom is 0.416 e. The number of sulfonamides is 1. The summed E-state index contributed by atoms with van der Waals surface area (Å²) >= 11 is 0. The second-order valence-corrected chi connectivity index (χ2v) is 9.69. The van der Waals surface area contributed by atoms with E-state index in [1.165, 1.54) is 16.4 Å². The minimum atomic E-state index is -4.45. The highest BCUT2D eigenvalue weighted by atomic mass is 32.2. The number of alkyl halides is 3. The van der Waals surface area contributed by atoms with Crippen molar-refractivity contribution in [2.45, 2.75) is 30.0 Å². The van der Waals surface area contributed by atoms with E-state index < -0.39 is 33.8 Å². The van der Waals surface area contributed by atoms with E-state index in [0.29, 0.717) is 19.4 Å². The fraction of sp³-hybridized carbons (Fsp3) is 0.409. The van der Waals surface area contributed by atoms with Gasteiger partial charge in [0.25, 0.3) is 0 Å². The normalized spacial score (nSPS) is 18.5. The van der Waals surface area contributed by atoms with Gasteiger partial charge in [-0.2, -0.15) is 17.5 Å². The Kier molecular flexibility index (Phi) is 7.98. The highest BCUT2D eigenvalue weighted by molar-refractivity contribution is 7.89. The number of aliphatic hydroxyl groups excluding tert-OH is 1. The van der Waals surface area contributed by atoms with Crippen molar-refractivity contribution < 1.29 is 36.2 Å². The quantitative estimate of drug-likeness (QED) is 0.598. The molecule has 1 aliphatic rings. The molecule has 11 heteroatoms. The van der Waals surface area contributed by atoms with Gasteiger partial charge < -0.3 is 15.2 Å². The largest absolute Gasteiger partial charge is 0.491 e. The third-order valence-electron chi connectivity index (χ3n) is 5.27. The third-order valence-corrected chi connectivity index (χ3v) is 7.15. The summed E-state index contributed by atoms with van der Waals surface area (Å²) in [5.41, 5.74) is -0.807. The van der Waals surface area contributed by atoms with E-state index >= 15 is 0 Å². The molecule has 2 N–H and O–H groups in total. The molecule has 1 saturated heterocycles. The van der Waals surface area contributed by atoms with Gasteiger partial charge in [0.15, 0.2) is 0 Å². The molecule has 33 heavy (non-hydrogen) atoms. The number of halogens is 3. The third kappa shape index (κ3) is 6.68. The van der Waals surface area contributed by atoms with Gasteiger partial charge in [0.05, 0.1) is 16.4 Å². The topological polar surface area (TPSA) is 95.9 Å². The van der Waals surface area contributed by atoms with Gasteiger partial charge in [-0.25, -0.2) is 8.42 Å². The number of ether oxygens (including phenoxy) is 1. The van der Waals surface area contributed by atoms with Crippen molar-refractivity contribution in [2.75, 3.05) is 26.2 Å². The monoisotopic (exact) mass is 486 g/mol. The summed E-state index contributed by atoms with van der Waals surface area (Å²) in [7, 11) is -3.70. The molecule has 0 aromatic heterocycles. The second-order valence-electron chi connectivity index (χ2n) is 7.75. The molecule has 0 radical (unpaired) electrons. The van der Waals surface area contributed by atoms with Crippen LogP contribution >= 0.6 is 0 Å². The van der Waals surface area contributed by atoms with Gasteiger partial charge in [0.2, 0.25) is 15.9 Å². The van der Waals surface area contributed by atoms with Crippen molar-refractivity contribution in [1.82, 2.24) is 9.62 Å². The maximum absolute atomic E-state index is 12.8. The zero-order valence-electron chi connectivity index (χ0n) is 17.7. The summed E-state index contributed by atoms with van der Waals surface area (Å²) in [6, 6.07) is 12.1. The number of benzene rings is 2. The van der Waals surface area contributed by atoms with Gasteiger partial charge in [-0.3, -0.25) is 4.79 Å². The Morgan fingerprint density at radius 1 is 1.15 bits per heavy atom. The predicted octanol–water partition coefficient (Wildman–Crippen LogP) is 2.66. The molecule has 2 aromatic rings. The first-order valence-corrected chi connectivity index (χ1v) is 11.8. The molecule has 2 unspecified atom stereocenters. The summed E-state index contributed by atoms with van der Waals surface area (Å²) in [4.78, 5) is 12.7. The van der Waals surface area contributed by atoms with Crippen LogP contribution in [0, 0.1) is 5.92 Å². The predicted molar refractivity (Wildman–Crippen MR) is 114 cm³/mol. The number of rotatable bonds is 8. The van der Waals surface area contributed by atoms with Gasteiger partial charge in [-0.1, -0.05) is 18.2 Å². The van der Waals surface area contributed by atoms with Gasteiger partial charge in [0.1, 0.15) is 18.5 Å². The molecule has 180 valence electrons. The highest BCUT2D eigenvalue weighted by Gasteiger charge is 2.33. The number of hydrogen-bond donors (Lipinski definition) is 2. The summed E-state index contributed by atoms with van der Waals surface area (Å²) in [6.07, 6.45) is -4.49. The van der Waals surface area contributed by atoms with Crippen molar-refractivity contribution in [3.05, 3.63) is 60.2 Å². The Bertz CT molecular complexity index is 1030. The zero-order chi connectivity index (χ0) is 24.1. The average Bonchev–Trinajstić information content (AvgIpc) is 2.81. The van der Waals surface area contributed by atoms with Crippen LogP contribution in [0.1, 0.15) is 18.4 Å². The Labute approximate surface area is 190 Å². The Morgan fingerprint density at radius 2 is 1.82 bits per heavy atom. The van der Waals surface area contributed by atoms with Crippen LogP contribution in [-0.2, 0) is 21.0 Å². The number of hydrogen-bond acceptors (Lipinski definition) is 5. The Hall–Kier alpha value is -2.63. The van der Waals surface area contributed by atoms with Crippen LogP contribution in [0.2, 0.25) is 0 Å². The van der Waals surface area contributed by atoms with Crippen molar-refractivity contribution in [3.63, 3.8) is 0 Å². The van der Waals surface area contributed by atoms with Crippen LogP contribution in [-0.4, -0.2) is 56.1 Å². The molecule has 0 saturated carbocycles. The van der Waals surface area contributed by atoms with Crippen LogP contribution in [0.25, 0.3) is 0 Å². The average molecular weight is 487 g/mol. The van der Waals surface area contributed by atoms with Gasteiger partial charge in [-0.05, 0) is 49.2 Å². The van der Waals surface area contributed by atoms with Gasteiger partial charge in [0, 0.05) is 19.6 Å². The SMILES string of the molecule is O=C(NCC(O)COc1ccc(C(F)(F)F)cc1)C1CCCN(S(=O)(=O)c2ccccc2)C1. The second kappa shape index (κ2) is 10.5. The van der Waals surface area contributed by atoms with E-state index in [4.69, 9.17) is 4.74 Å². The lowest BCUT2D eigenvalue weighted by Crippen LogP contribution is -2.47. The van der Waals surface area contributed by atoms with Gasteiger partial charge in [-0.15, -0.1) is 0 Å². The van der Waals surface area contributed by atoms with E-state index in [2.05, 4.69) is 5.32 Å². The van der Waals surface area contributed by atoms with Gasteiger partial charge >= 0.3 is 6.18 Å². The summed E-state index contributed by atoms with van der Waals surface area (Å²) in [5, 5.41) is 12.6. The number of nitrogens with zero attached hydrogens (tertiary/aromatic N) is 1. The molecule has 7 nitrogen and oxygen atoms in total. The molecule has 0 bridgehead atoms. The molecule has 0 spiro atoms. The lowest BCUT2D eigenvalue weighted by Gasteiger charge is -2.31. The molecule has 1 heterocycles. The fourth-order valence-electron chi connectivity index (χ4n) is 3.47. The lowest BCUT2D eigenvalue weighted by molar-refractivity contribution is -0.137. The number of carbonyl (C=O) groups is 1. The highest BCUT2D eigenvalue weighted by Crippen LogP contribution is 2.30. The number of carbonyl (C=O) groups excluding carboxylic acids is 1. The summed E-state index contributed by atoms with van der Waals surface area (Å²) in [6.45, 7) is -0.00195. The van der Waals surface area contributed by atoms with E-state index in [0.717, 1.165) is 24.3 Å². The summed E-state index contributed by atoms with van der Waals surface area (Å²) < 4.78 is 69.9. The standard InChI is InChI=1S/C22H25F3N2O5S/c23-22(24,25)17-8-10-19(11-9-17)32-15-18(28)13-26-21(29)16-5-4-12-27(14-16)33(30,31)20-6-2-1-3-7-20/h1-3,6-11,16,18,28H,4-5,12-15H2,(H,26,29). The molecule has 1 amide bonds. The summed E-state index contributed by atoms with van der Waals surface area (Å²) in [5.74, 6) is -0.778. The molecule has 3 rings (SSSR count). The molecular weight excluding hydrogens is 461 g/mol. The maximum atomic E-state index is 12.8. The number of amides is 1. The van der Waals surface area contributed by atoms with Crippen LogP contribution in [0.15, 0.2) is 59.5 Å². The van der Waals surface area contributed by atoms with Crippen LogP contribution in [0.5, 0.6) is 5.75 Å². The molecule has 2 atom stereocenters. The minimum Gasteiger partial charge on any atom is -0.491 e. The number of aliphatic hydroxyl groups is 1. The fourth-order valence-corrected chi connectivity index (χ4v) is 5.02. The first-order valence-electron chi connectivity index (χ1n) is 10.4. The van der Waals surface area contributed by atoms with E-state index in [-0.39, 0.29) is 36.2 Å². The zero-order valence-corrected chi connectivity index (χ0v) is 18.5. The first kappa shape index (κ1) is 25.0. The Balaban J connectivity index is 1.47. The smallest absolute Gasteiger partial charge is 0.416 e. The van der Waals surface area contributed by atoms with Crippen molar-refractivity contribution in [1.29, 1.82) is 0 Å². The van der Waals surface area contributed by atoms with Crippen molar-refractivity contribution in [2.24, 2.45) is 5.92 Å². The molecular formula is C22H25F3N2O5S. The number of piperidine rings is 1. The molecule has 0 aliphatic carbocycles. The van der Waals surface area contributed by atoms with Crippen LogP contribution in [0.4, 0.5) is 13.2 Å². The molecule has 1 aliphatic heterocycles. The van der Waals surface area contributed by atoms with Crippen LogP contribution in [0.3, 0.4) is 0 Å². The van der Waals surface area contributed by atoms with Crippen LogP contribution < -0.4 is 10.1 Å². The molecule has 2 aromatic carbocycles. The van der Waals surface area contributed by atoms with Crippen molar-refractivity contribution in [3.8, 4) is 5.75 Å². The van der Waals surface area contributed by atoms with E-state index in [1.54, 1.807) is 18.2 Å². The lowest BCUT2D eigenvalue weighted by atomic mass is 9.99. The van der Waals surface area contributed by atoms with E-state index in [1.807, 2.05) is 0 Å². The van der Waals surface area contributed by atoms with Crippen molar-refractivity contribution >= 4 is 15.9 Å². The first-order chi connectivity index (χ1) is 15.6. The van der Waals surface area contributed by atoms with E-state index in [9.17, 15) is 31.5 Å². The minimum absolute atomic E-state index is 0.0429.